The third-order valence-electron chi connectivity index (χ3n) is 3.92. The van der Waals surface area contributed by atoms with Crippen molar-refractivity contribution in [2.24, 2.45) is 0 Å². The SMILES string of the molecule is Cc1cccc(OCC(=O)O[C@H](C(=O)N(C)C)c2ccccc2)c1C. The summed E-state index contributed by atoms with van der Waals surface area (Å²) in [4.78, 5) is 26.0. The standard InChI is InChI=1S/C20H23NO4/c1-14-9-8-12-17(15(14)2)24-13-18(22)25-19(20(23)21(3)4)16-10-6-5-7-11-16/h5-12,19H,13H2,1-4H3/t19-/m0/s1. The molecule has 0 unspecified atom stereocenters. The van der Waals surface area contributed by atoms with Gasteiger partial charge < -0.3 is 14.4 Å². The molecule has 0 saturated heterocycles. The van der Waals surface area contributed by atoms with E-state index in [0.717, 1.165) is 11.1 Å². The minimum atomic E-state index is -0.981. The van der Waals surface area contributed by atoms with Gasteiger partial charge in [0.05, 0.1) is 0 Å². The molecular formula is C20H23NO4. The van der Waals surface area contributed by atoms with Gasteiger partial charge in [-0.05, 0) is 31.0 Å². The minimum Gasteiger partial charge on any atom is -0.482 e. The topological polar surface area (TPSA) is 55.8 Å². The molecule has 0 fully saturated rings. The second-order valence-corrected chi connectivity index (χ2v) is 6.00. The van der Waals surface area contributed by atoms with E-state index in [-0.39, 0.29) is 12.5 Å². The molecule has 0 aliphatic rings. The van der Waals surface area contributed by atoms with Gasteiger partial charge in [-0.25, -0.2) is 4.79 Å². The van der Waals surface area contributed by atoms with Crippen molar-refractivity contribution in [3.05, 3.63) is 65.2 Å². The van der Waals surface area contributed by atoms with Crippen molar-refractivity contribution in [3.8, 4) is 5.75 Å². The summed E-state index contributed by atoms with van der Waals surface area (Å²) in [5.74, 6) is -0.261. The third-order valence-corrected chi connectivity index (χ3v) is 3.92. The van der Waals surface area contributed by atoms with E-state index >= 15 is 0 Å². The molecule has 1 atom stereocenters. The lowest BCUT2D eigenvalue weighted by Crippen LogP contribution is -2.32. The predicted octanol–water partition coefficient (Wildman–Crippen LogP) is 3.05. The number of benzene rings is 2. The van der Waals surface area contributed by atoms with Crippen LogP contribution < -0.4 is 4.74 Å². The quantitative estimate of drug-likeness (QED) is 0.758. The molecule has 0 bridgehead atoms. The first-order chi connectivity index (χ1) is 11.9. The fraction of sp³-hybridized carbons (Fsp3) is 0.300. The van der Waals surface area contributed by atoms with Crippen molar-refractivity contribution in [3.63, 3.8) is 0 Å². The Morgan fingerprint density at radius 1 is 1.00 bits per heavy atom. The van der Waals surface area contributed by atoms with Gasteiger partial charge in [0.15, 0.2) is 6.61 Å². The van der Waals surface area contributed by atoms with Crippen LogP contribution in [0.5, 0.6) is 5.75 Å². The monoisotopic (exact) mass is 341 g/mol. The third kappa shape index (κ3) is 4.83. The Morgan fingerprint density at radius 3 is 2.32 bits per heavy atom. The zero-order valence-corrected chi connectivity index (χ0v) is 15.0. The first-order valence-electron chi connectivity index (χ1n) is 8.04. The molecule has 132 valence electrons. The Morgan fingerprint density at radius 2 is 1.68 bits per heavy atom. The number of carbonyl (C=O) groups excluding carboxylic acids is 2. The van der Waals surface area contributed by atoms with E-state index in [1.165, 1.54) is 4.90 Å². The van der Waals surface area contributed by atoms with Crippen LogP contribution in [0.25, 0.3) is 0 Å². The van der Waals surface area contributed by atoms with E-state index in [4.69, 9.17) is 9.47 Å². The van der Waals surface area contributed by atoms with Crippen molar-refractivity contribution in [1.82, 2.24) is 4.90 Å². The summed E-state index contributed by atoms with van der Waals surface area (Å²) in [7, 11) is 3.25. The fourth-order valence-electron chi connectivity index (χ4n) is 2.31. The van der Waals surface area contributed by atoms with Crippen LogP contribution in [0, 0.1) is 13.8 Å². The summed E-state index contributed by atoms with van der Waals surface area (Å²) in [5.41, 5.74) is 2.68. The zero-order valence-electron chi connectivity index (χ0n) is 15.0. The Hall–Kier alpha value is -2.82. The molecule has 0 saturated carbocycles. The van der Waals surface area contributed by atoms with Gasteiger partial charge in [-0.3, -0.25) is 4.79 Å². The molecule has 2 rings (SSSR count). The molecule has 0 N–H and O–H groups in total. The molecule has 1 amide bonds. The molecule has 2 aromatic rings. The minimum absolute atomic E-state index is 0.256. The molecule has 0 aliphatic heterocycles. The van der Waals surface area contributed by atoms with Crippen molar-refractivity contribution in [2.45, 2.75) is 20.0 Å². The number of hydrogen-bond acceptors (Lipinski definition) is 4. The Labute approximate surface area is 148 Å². The largest absolute Gasteiger partial charge is 0.482 e. The lowest BCUT2D eigenvalue weighted by molar-refractivity contribution is -0.161. The highest BCUT2D eigenvalue weighted by atomic mass is 16.6. The summed E-state index contributed by atoms with van der Waals surface area (Å²) in [6.45, 7) is 3.65. The molecule has 5 nitrogen and oxygen atoms in total. The summed E-state index contributed by atoms with van der Waals surface area (Å²) in [5, 5.41) is 0. The number of nitrogens with zero attached hydrogens (tertiary/aromatic N) is 1. The molecule has 5 heteroatoms. The van der Waals surface area contributed by atoms with E-state index in [1.54, 1.807) is 44.4 Å². The second kappa shape index (κ2) is 8.33. The molecule has 0 aromatic heterocycles. The number of rotatable bonds is 6. The number of likely N-dealkylation sites (N-methyl/N-ethyl adjacent to an activating group) is 1. The van der Waals surface area contributed by atoms with Gasteiger partial charge in [-0.2, -0.15) is 0 Å². The summed E-state index contributed by atoms with van der Waals surface area (Å²) in [6.07, 6.45) is -0.981. The lowest BCUT2D eigenvalue weighted by atomic mass is 10.1. The van der Waals surface area contributed by atoms with Crippen LogP contribution >= 0.6 is 0 Å². The highest BCUT2D eigenvalue weighted by molar-refractivity contribution is 5.85. The van der Waals surface area contributed by atoms with E-state index in [1.807, 2.05) is 32.0 Å². The zero-order chi connectivity index (χ0) is 18.4. The van der Waals surface area contributed by atoms with Gasteiger partial charge in [-0.15, -0.1) is 0 Å². The highest BCUT2D eigenvalue weighted by Gasteiger charge is 2.26. The number of amides is 1. The van der Waals surface area contributed by atoms with Crippen molar-refractivity contribution < 1.29 is 19.1 Å². The lowest BCUT2D eigenvalue weighted by Gasteiger charge is -2.21. The number of esters is 1. The maximum Gasteiger partial charge on any atom is 0.345 e. The molecule has 2 aromatic carbocycles. The van der Waals surface area contributed by atoms with Crippen LogP contribution in [0.2, 0.25) is 0 Å². The number of carbonyl (C=O) groups is 2. The van der Waals surface area contributed by atoms with E-state index < -0.39 is 12.1 Å². The smallest absolute Gasteiger partial charge is 0.345 e. The maximum absolute atomic E-state index is 12.4. The van der Waals surface area contributed by atoms with E-state index in [9.17, 15) is 9.59 Å². The van der Waals surface area contributed by atoms with Crippen LogP contribution in [-0.2, 0) is 14.3 Å². The molecular weight excluding hydrogens is 318 g/mol. The molecule has 25 heavy (non-hydrogen) atoms. The van der Waals surface area contributed by atoms with Gasteiger partial charge >= 0.3 is 5.97 Å². The van der Waals surface area contributed by atoms with Crippen LogP contribution in [-0.4, -0.2) is 37.5 Å². The number of ether oxygens (including phenoxy) is 2. The van der Waals surface area contributed by atoms with Crippen LogP contribution in [0.1, 0.15) is 22.8 Å². The summed E-state index contributed by atoms with van der Waals surface area (Å²) in [6, 6.07) is 14.6. The molecule has 0 aliphatic carbocycles. The number of aryl methyl sites for hydroxylation is 1. The fourth-order valence-corrected chi connectivity index (χ4v) is 2.31. The normalized spacial score (nSPS) is 11.5. The summed E-state index contributed by atoms with van der Waals surface area (Å²) >= 11 is 0. The van der Waals surface area contributed by atoms with Gasteiger partial charge in [0.2, 0.25) is 6.10 Å². The number of hydrogen-bond donors (Lipinski definition) is 0. The van der Waals surface area contributed by atoms with Gasteiger partial charge in [0.1, 0.15) is 5.75 Å². The van der Waals surface area contributed by atoms with Crippen LogP contribution in [0.15, 0.2) is 48.5 Å². The van der Waals surface area contributed by atoms with Gasteiger partial charge in [-0.1, -0.05) is 42.5 Å². The summed E-state index contributed by atoms with van der Waals surface area (Å²) < 4.78 is 11.0. The van der Waals surface area contributed by atoms with Gasteiger partial charge in [0.25, 0.3) is 5.91 Å². The van der Waals surface area contributed by atoms with Gasteiger partial charge in [0, 0.05) is 19.7 Å². The van der Waals surface area contributed by atoms with Crippen molar-refractivity contribution >= 4 is 11.9 Å². The second-order valence-electron chi connectivity index (χ2n) is 6.00. The highest BCUT2D eigenvalue weighted by Crippen LogP contribution is 2.22. The first kappa shape index (κ1) is 18.5. The predicted molar refractivity (Wildman–Crippen MR) is 95.4 cm³/mol. The average Bonchev–Trinajstić information content (AvgIpc) is 2.61. The Kier molecular flexibility index (Phi) is 6.17. The molecule has 0 radical (unpaired) electrons. The Balaban J connectivity index is 2.07. The van der Waals surface area contributed by atoms with E-state index in [2.05, 4.69) is 0 Å². The molecule has 0 heterocycles. The maximum atomic E-state index is 12.4. The van der Waals surface area contributed by atoms with Crippen molar-refractivity contribution in [2.75, 3.05) is 20.7 Å². The van der Waals surface area contributed by atoms with Crippen LogP contribution in [0.3, 0.4) is 0 Å². The average molecular weight is 341 g/mol. The first-order valence-corrected chi connectivity index (χ1v) is 8.04. The van der Waals surface area contributed by atoms with E-state index in [0.29, 0.717) is 11.3 Å². The van der Waals surface area contributed by atoms with Crippen molar-refractivity contribution in [1.29, 1.82) is 0 Å². The molecule has 0 spiro atoms. The Bertz CT molecular complexity index is 741. The van der Waals surface area contributed by atoms with Crippen LogP contribution in [0.4, 0.5) is 0 Å².